The number of halogens is 3. The number of fused-ring (bicyclic) bond motifs is 2. The van der Waals surface area contributed by atoms with Gasteiger partial charge in [-0.1, -0.05) is 24.6 Å². The van der Waals surface area contributed by atoms with Crippen LogP contribution >= 0.6 is 0 Å². The van der Waals surface area contributed by atoms with Crippen molar-refractivity contribution in [3.05, 3.63) is 35.4 Å². The van der Waals surface area contributed by atoms with Gasteiger partial charge in [0.25, 0.3) is 0 Å². The van der Waals surface area contributed by atoms with Gasteiger partial charge in [0.2, 0.25) is 0 Å². The molecule has 0 amide bonds. The van der Waals surface area contributed by atoms with Crippen LogP contribution in [0.4, 0.5) is 13.2 Å². The molecule has 20 heavy (non-hydrogen) atoms. The van der Waals surface area contributed by atoms with Crippen LogP contribution in [-0.4, -0.2) is 0 Å². The second kappa shape index (κ2) is 4.51. The number of hydrogen-bond acceptors (Lipinski definition) is 1. The molecule has 2 saturated carbocycles. The molecular weight excluding hydrogens is 263 g/mol. The van der Waals surface area contributed by atoms with Crippen molar-refractivity contribution in [2.24, 2.45) is 17.3 Å². The summed E-state index contributed by atoms with van der Waals surface area (Å²) >= 11 is 0. The molecule has 106 valence electrons. The molecule has 3 atom stereocenters. The highest BCUT2D eigenvalue weighted by atomic mass is 19.4. The molecule has 2 aliphatic rings. The lowest BCUT2D eigenvalue weighted by Gasteiger charge is -2.31. The Labute approximate surface area is 116 Å². The van der Waals surface area contributed by atoms with Gasteiger partial charge in [-0.2, -0.15) is 18.4 Å². The smallest absolute Gasteiger partial charge is 0.198 e. The highest BCUT2D eigenvalue weighted by Gasteiger charge is 2.51. The van der Waals surface area contributed by atoms with Gasteiger partial charge < -0.3 is 0 Å². The highest BCUT2D eigenvalue weighted by Crippen LogP contribution is 2.57. The molecule has 4 heteroatoms. The van der Waals surface area contributed by atoms with E-state index in [0.29, 0.717) is 23.8 Å². The number of nitriles is 1. The summed E-state index contributed by atoms with van der Waals surface area (Å²) < 4.78 is 38.2. The summed E-state index contributed by atoms with van der Waals surface area (Å²) in [6.45, 7) is 0. The number of hydrogen-bond donors (Lipinski definition) is 0. The monoisotopic (exact) mass is 279 g/mol. The Morgan fingerprint density at radius 1 is 1.30 bits per heavy atom. The summed E-state index contributed by atoms with van der Waals surface area (Å²) in [5.74, 6) is 0.970. The number of rotatable bonds is 2. The second-order valence-corrected chi connectivity index (χ2v) is 6.22. The van der Waals surface area contributed by atoms with Gasteiger partial charge in [-0.3, -0.25) is 0 Å². The van der Waals surface area contributed by atoms with Crippen molar-refractivity contribution < 1.29 is 13.2 Å². The van der Waals surface area contributed by atoms with Gasteiger partial charge in [-0.05, 0) is 49.1 Å². The molecule has 0 aliphatic heterocycles. The van der Waals surface area contributed by atoms with Crippen molar-refractivity contribution in [1.82, 2.24) is 0 Å². The van der Waals surface area contributed by atoms with E-state index in [0.717, 1.165) is 25.3 Å². The minimum Gasteiger partial charge on any atom is -0.198 e. The van der Waals surface area contributed by atoms with Crippen LogP contribution in [0.5, 0.6) is 0 Å². The molecule has 0 heterocycles. The van der Waals surface area contributed by atoms with Crippen molar-refractivity contribution >= 4 is 0 Å². The Balaban J connectivity index is 1.86. The lowest BCUT2D eigenvalue weighted by Crippen LogP contribution is -2.28. The molecule has 2 aliphatic carbocycles. The number of nitrogens with zero attached hydrogens (tertiary/aromatic N) is 1. The predicted octanol–water partition coefficient (Wildman–Crippen LogP) is 4.58. The SMILES string of the molecule is N#CC1(Cc2cccc(C(F)(F)F)c2)CC2CCC1C2. The predicted molar refractivity (Wildman–Crippen MR) is 68.6 cm³/mol. The fourth-order valence-electron chi connectivity index (χ4n) is 4.06. The Hall–Kier alpha value is -1.50. The molecule has 1 aromatic rings. The van der Waals surface area contributed by atoms with E-state index in [-0.39, 0.29) is 0 Å². The van der Waals surface area contributed by atoms with Crippen LogP contribution in [0.2, 0.25) is 0 Å². The molecule has 0 spiro atoms. The highest BCUT2D eigenvalue weighted by molar-refractivity contribution is 5.29. The van der Waals surface area contributed by atoms with Crippen LogP contribution in [0.25, 0.3) is 0 Å². The molecule has 3 rings (SSSR count). The molecule has 0 aromatic heterocycles. The summed E-state index contributed by atoms with van der Waals surface area (Å²) in [7, 11) is 0. The summed E-state index contributed by atoms with van der Waals surface area (Å²) in [5.41, 5.74) is -0.423. The zero-order valence-corrected chi connectivity index (χ0v) is 11.1. The number of benzene rings is 1. The van der Waals surface area contributed by atoms with Crippen molar-refractivity contribution in [3.8, 4) is 6.07 Å². The Kier molecular flexibility index (Phi) is 3.04. The van der Waals surface area contributed by atoms with E-state index in [1.807, 2.05) is 0 Å². The lowest BCUT2D eigenvalue weighted by atomic mass is 9.70. The molecule has 2 fully saturated rings. The van der Waals surface area contributed by atoms with E-state index in [1.54, 1.807) is 6.07 Å². The van der Waals surface area contributed by atoms with Gasteiger partial charge in [0.05, 0.1) is 17.0 Å². The average molecular weight is 279 g/mol. The van der Waals surface area contributed by atoms with Gasteiger partial charge >= 0.3 is 6.18 Å². The second-order valence-electron chi connectivity index (χ2n) is 6.22. The largest absolute Gasteiger partial charge is 0.416 e. The normalized spacial score (nSPS) is 32.3. The van der Waals surface area contributed by atoms with E-state index < -0.39 is 17.2 Å². The standard InChI is InChI=1S/C16H16F3N/c17-16(18,19)14-3-1-2-11(7-14)8-15(10-20)9-12-4-5-13(15)6-12/h1-3,7,12-13H,4-6,8-9H2. The Bertz CT molecular complexity index is 558. The Morgan fingerprint density at radius 2 is 2.10 bits per heavy atom. The zero-order chi connectivity index (χ0) is 14.4. The van der Waals surface area contributed by atoms with E-state index >= 15 is 0 Å². The van der Waals surface area contributed by atoms with E-state index in [2.05, 4.69) is 6.07 Å². The molecule has 1 nitrogen and oxygen atoms in total. The van der Waals surface area contributed by atoms with E-state index in [4.69, 9.17) is 0 Å². The maximum atomic E-state index is 12.7. The van der Waals surface area contributed by atoms with Gasteiger partial charge in [0.15, 0.2) is 0 Å². The van der Waals surface area contributed by atoms with Crippen LogP contribution < -0.4 is 0 Å². The maximum absolute atomic E-state index is 12.7. The number of alkyl halides is 3. The van der Waals surface area contributed by atoms with Crippen LogP contribution in [0.3, 0.4) is 0 Å². The van der Waals surface area contributed by atoms with Crippen molar-refractivity contribution in [2.45, 2.75) is 38.3 Å². The van der Waals surface area contributed by atoms with E-state index in [1.165, 1.54) is 18.6 Å². The van der Waals surface area contributed by atoms with Crippen LogP contribution in [0.15, 0.2) is 24.3 Å². The molecule has 2 bridgehead atoms. The van der Waals surface area contributed by atoms with Crippen molar-refractivity contribution in [1.29, 1.82) is 5.26 Å². The molecule has 0 saturated heterocycles. The maximum Gasteiger partial charge on any atom is 0.416 e. The lowest BCUT2D eigenvalue weighted by molar-refractivity contribution is -0.137. The first kappa shape index (κ1) is 13.5. The molecule has 1 aromatic carbocycles. The topological polar surface area (TPSA) is 23.8 Å². The van der Waals surface area contributed by atoms with Gasteiger partial charge in [0, 0.05) is 0 Å². The van der Waals surface area contributed by atoms with Crippen LogP contribution in [-0.2, 0) is 12.6 Å². The third-order valence-corrected chi connectivity index (χ3v) is 4.97. The van der Waals surface area contributed by atoms with Crippen molar-refractivity contribution in [3.63, 3.8) is 0 Å². The third kappa shape index (κ3) is 2.19. The van der Waals surface area contributed by atoms with Gasteiger partial charge in [-0.25, -0.2) is 0 Å². The summed E-state index contributed by atoms with van der Waals surface area (Å²) in [5, 5.41) is 9.56. The first-order chi connectivity index (χ1) is 9.43. The van der Waals surface area contributed by atoms with E-state index in [9.17, 15) is 18.4 Å². The average Bonchev–Trinajstić information content (AvgIpc) is 2.99. The minimum atomic E-state index is -4.31. The van der Waals surface area contributed by atoms with Crippen LogP contribution in [0.1, 0.15) is 36.8 Å². The molecule has 0 N–H and O–H groups in total. The zero-order valence-electron chi connectivity index (χ0n) is 11.1. The molecule has 3 unspecified atom stereocenters. The van der Waals surface area contributed by atoms with Crippen molar-refractivity contribution in [2.75, 3.05) is 0 Å². The van der Waals surface area contributed by atoms with Crippen LogP contribution in [0, 0.1) is 28.6 Å². The minimum absolute atomic E-state index is 0.368. The Morgan fingerprint density at radius 3 is 2.65 bits per heavy atom. The third-order valence-electron chi connectivity index (χ3n) is 4.97. The first-order valence-corrected chi connectivity index (χ1v) is 7.00. The quantitative estimate of drug-likeness (QED) is 0.777. The molecule has 0 radical (unpaired) electrons. The fourth-order valence-corrected chi connectivity index (χ4v) is 4.06. The van der Waals surface area contributed by atoms with Gasteiger partial charge in [-0.15, -0.1) is 0 Å². The molecular formula is C16H16F3N. The first-order valence-electron chi connectivity index (χ1n) is 7.00. The summed E-state index contributed by atoms with van der Waals surface area (Å²) in [4.78, 5) is 0. The fraction of sp³-hybridized carbons (Fsp3) is 0.562. The summed E-state index contributed by atoms with van der Waals surface area (Å²) in [6.07, 6.45) is 0.296. The van der Waals surface area contributed by atoms with Gasteiger partial charge in [0.1, 0.15) is 0 Å². The summed E-state index contributed by atoms with van der Waals surface area (Å²) in [6, 6.07) is 7.87.